The zero-order valence-electron chi connectivity index (χ0n) is 12.5. The molecule has 0 aromatic heterocycles. The Labute approximate surface area is 155 Å². The van der Waals surface area contributed by atoms with E-state index in [0.29, 0.717) is 0 Å². The summed E-state index contributed by atoms with van der Waals surface area (Å²) < 4.78 is 38.9. The van der Waals surface area contributed by atoms with Crippen LogP contribution >= 0.6 is 35.6 Å². The predicted octanol–water partition coefficient (Wildman–Crippen LogP) is 4.42. The molecule has 0 radical (unpaired) electrons. The highest BCUT2D eigenvalue weighted by Gasteiger charge is 2.34. The lowest BCUT2D eigenvalue weighted by atomic mass is 10.1. The summed E-state index contributed by atoms with van der Waals surface area (Å²) in [6, 6.07) is 3.34. The number of hydrogen-bond acceptors (Lipinski definition) is 4. The first kappa shape index (κ1) is 19.7. The number of aliphatic carboxylic acids is 1. The van der Waals surface area contributed by atoms with Crippen molar-refractivity contribution >= 4 is 57.9 Å². The molecule has 4 nitrogen and oxygen atoms in total. The Morgan fingerprint density at radius 2 is 2.08 bits per heavy atom. The molecule has 0 unspecified atom stereocenters. The average molecular weight is 410 g/mol. The van der Waals surface area contributed by atoms with Gasteiger partial charge in [0.1, 0.15) is 4.32 Å². The Kier molecular flexibility index (Phi) is 6.12. The third-order valence-electron chi connectivity index (χ3n) is 3.24. The van der Waals surface area contributed by atoms with E-state index in [-0.39, 0.29) is 34.2 Å². The van der Waals surface area contributed by atoms with E-state index in [4.69, 9.17) is 28.9 Å². The van der Waals surface area contributed by atoms with Crippen LogP contribution in [-0.4, -0.2) is 32.7 Å². The summed E-state index contributed by atoms with van der Waals surface area (Å²) in [5.41, 5.74) is -0.817. The topological polar surface area (TPSA) is 57.6 Å². The van der Waals surface area contributed by atoms with E-state index in [2.05, 4.69) is 0 Å². The molecule has 1 heterocycles. The first-order valence-corrected chi connectivity index (χ1v) is 8.54. The summed E-state index contributed by atoms with van der Waals surface area (Å²) in [4.78, 5) is 24.2. The van der Waals surface area contributed by atoms with Crippen molar-refractivity contribution in [2.45, 2.75) is 19.0 Å². The van der Waals surface area contributed by atoms with Gasteiger partial charge in [-0.2, -0.15) is 13.2 Å². The maximum absolute atomic E-state index is 12.9. The van der Waals surface area contributed by atoms with Crippen LogP contribution in [0.2, 0.25) is 5.02 Å². The van der Waals surface area contributed by atoms with Crippen LogP contribution in [0.1, 0.15) is 24.0 Å². The van der Waals surface area contributed by atoms with Gasteiger partial charge in [0.15, 0.2) is 0 Å². The lowest BCUT2D eigenvalue weighted by molar-refractivity contribution is -0.138. The van der Waals surface area contributed by atoms with Gasteiger partial charge in [0.2, 0.25) is 0 Å². The molecule has 1 fully saturated rings. The van der Waals surface area contributed by atoms with Gasteiger partial charge in [-0.1, -0.05) is 41.6 Å². The van der Waals surface area contributed by atoms with Gasteiger partial charge in [-0.15, -0.1) is 0 Å². The number of thiocarbonyl (C=S) groups is 1. The molecule has 25 heavy (non-hydrogen) atoms. The van der Waals surface area contributed by atoms with Crippen LogP contribution in [0.5, 0.6) is 0 Å². The number of alkyl halides is 3. The number of hydrogen-bond donors (Lipinski definition) is 1. The van der Waals surface area contributed by atoms with Crippen molar-refractivity contribution in [3.8, 4) is 0 Å². The van der Waals surface area contributed by atoms with Crippen molar-refractivity contribution in [1.29, 1.82) is 0 Å². The number of carboxylic acid groups (broad SMARTS) is 1. The summed E-state index contributed by atoms with van der Waals surface area (Å²) in [6.45, 7) is 0.142. The summed E-state index contributed by atoms with van der Waals surface area (Å²) in [6.07, 6.45) is -3.17. The van der Waals surface area contributed by atoms with Gasteiger partial charge in [-0.25, -0.2) is 0 Å². The Hall–Kier alpha value is -1.58. The number of carbonyl (C=O) groups is 2. The van der Waals surface area contributed by atoms with Gasteiger partial charge in [0.25, 0.3) is 5.91 Å². The van der Waals surface area contributed by atoms with Crippen LogP contribution < -0.4 is 0 Å². The van der Waals surface area contributed by atoms with Crippen molar-refractivity contribution in [2.24, 2.45) is 0 Å². The third kappa shape index (κ3) is 4.96. The molecule has 134 valence electrons. The number of rotatable bonds is 5. The Morgan fingerprint density at radius 3 is 2.68 bits per heavy atom. The molecule has 0 spiro atoms. The van der Waals surface area contributed by atoms with E-state index >= 15 is 0 Å². The number of benzene rings is 1. The van der Waals surface area contributed by atoms with Crippen LogP contribution in [0.15, 0.2) is 23.1 Å². The molecule has 1 aromatic rings. The molecule has 0 saturated carbocycles. The van der Waals surface area contributed by atoms with E-state index < -0.39 is 28.6 Å². The number of carboxylic acids is 1. The van der Waals surface area contributed by atoms with Gasteiger partial charge in [-0.05, 0) is 30.2 Å². The first-order chi connectivity index (χ1) is 11.6. The van der Waals surface area contributed by atoms with Gasteiger partial charge < -0.3 is 5.11 Å². The van der Waals surface area contributed by atoms with Gasteiger partial charge >= 0.3 is 12.1 Å². The smallest absolute Gasteiger partial charge is 0.417 e. The molecular weight excluding hydrogens is 399 g/mol. The van der Waals surface area contributed by atoms with Crippen LogP contribution in [-0.2, 0) is 15.8 Å². The highest BCUT2D eigenvalue weighted by molar-refractivity contribution is 8.26. The second kappa shape index (κ2) is 7.76. The fourth-order valence-corrected chi connectivity index (χ4v) is 3.62. The number of halogens is 4. The second-order valence-corrected chi connectivity index (χ2v) is 7.15. The monoisotopic (exact) mass is 409 g/mol. The molecule has 1 aliphatic heterocycles. The van der Waals surface area contributed by atoms with Crippen LogP contribution in [0, 0.1) is 0 Å². The molecule has 1 aliphatic rings. The highest BCUT2D eigenvalue weighted by Crippen LogP contribution is 2.37. The number of nitrogens with zero attached hydrogens (tertiary/aromatic N) is 1. The quantitative estimate of drug-likeness (QED) is 0.576. The largest absolute Gasteiger partial charge is 0.481 e. The molecule has 10 heteroatoms. The predicted molar refractivity (Wildman–Crippen MR) is 93.2 cm³/mol. The molecule has 0 aliphatic carbocycles. The summed E-state index contributed by atoms with van der Waals surface area (Å²) in [5.74, 6) is -1.44. The number of thioether (sulfide) groups is 1. The number of amides is 1. The molecule has 2 rings (SSSR count). The van der Waals surface area contributed by atoms with E-state index in [1.165, 1.54) is 17.0 Å². The minimum Gasteiger partial charge on any atom is -0.481 e. The lowest BCUT2D eigenvalue weighted by Gasteiger charge is -2.13. The van der Waals surface area contributed by atoms with E-state index in [0.717, 1.165) is 23.9 Å². The summed E-state index contributed by atoms with van der Waals surface area (Å²) in [5, 5.41) is 8.20. The second-order valence-electron chi connectivity index (χ2n) is 5.07. The molecule has 0 atom stereocenters. The van der Waals surface area contributed by atoms with Gasteiger partial charge in [0, 0.05) is 13.0 Å². The molecule has 1 saturated heterocycles. The third-order valence-corrected chi connectivity index (χ3v) is 4.95. The minimum atomic E-state index is -4.60. The fourth-order valence-electron chi connectivity index (χ4n) is 2.08. The fraction of sp³-hybridized carbons (Fsp3) is 0.267. The van der Waals surface area contributed by atoms with Crippen molar-refractivity contribution in [2.75, 3.05) is 6.54 Å². The van der Waals surface area contributed by atoms with Gasteiger partial charge in [0.05, 0.1) is 15.5 Å². The van der Waals surface area contributed by atoms with Crippen molar-refractivity contribution in [3.63, 3.8) is 0 Å². The Balaban J connectivity index is 2.20. The van der Waals surface area contributed by atoms with Crippen molar-refractivity contribution in [1.82, 2.24) is 4.90 Å². The van der Waals surface area contributed by atoms with Crippen molar-refractivity contribution in [3.05, 3.63) is 39.3 Å². The number of carbonyl (C=O) groups excluding carboxylic acids is 1. The van der Waals surface area contributed by atoms with Gasteiger partial charge in [-0.3, -0.25) is 14.5 Å². The zero-order chi connectivity index (χ0) is 18.8. The average Bonchev–Trinajstić information content (AvgIpc) is 2.75. The Bertz CT molecular complexity index is 765. The summed E-state index contributed by atoms with van der Waals surface area (Å²) in [7, 11) is 0. The van der Waals surface area contributed by atoms with E-state index in [1.807, 2.05) is 0 Å². The molecule has 1 aromatic carbocycles. The lowest BCUT2D eigenvalue weighted by Crippen LogP contribution is -2.29. The maximum atomic E-state index is 12.9. The highest BCUT2D eigenvalue weighted by atomic mass is 35.5. The summed E-state index contributed by atoms with van der Waals surface area (Å²) >= 11 is 11.6. The Morgan fingerprint density at radius 1 is 1.40 bits per heavy atom. The van der Waals surface area contributed by atoms with E-state index in [9.17, 15) is 22.8 Å². The van der Waals surface area contributed by atoms with Crippen molar-refractivity contribution < 1.29 is 27.9 Å². The van der Waals surface area contributed by atoms with Crippen LogP contribution in [0.25, 0.3) is 6.08 Å². The minimum absolute atomic E-state index is 0.109. The van der Waals surface area contributed by atoms with Crippen LogP contribution in [0.4, 0.5) is 13.2 Å². The molecule has 1 N–H and O–H groups in total. The first-order valence-electron chi connectivity index (χ1n) is 6.93. The standard InChI is InChI=1S/C15H11ClF3NO3S2/c16-10-4-3-8(6-9(10)15(17,18)19)7-11-13(23)20(14(24)25-11)5-1-2-12(21)22/h3-4,6-7H,1-2,5H2,(H,21,22)/b11-7-. The SMILES string of the molecule is O=C(O)CCCN1C(=O)/C(=C/c2ccc(Cl)c(C(F)(F)F)c2)SC1=S. The molecular formula is C15H11ClF3NO3S2. The molecule has 0 bridgehead atoms. The maximum Gasteiger partial charge on any atom is 0.417 e. The normalized spacial score (nSPS) is 16.8. The zero-order valence-corrected chi connectivity index (χ0v) is 14.9. The van der Waals surface area contributed by atoms with Crippen LogP contribution in [0.3, 0.4) is 0 Å². The van der Waals surface area contributed by atoms with E-state index in [1.54, 1.807) is 0 Å². The molecule has 1 amide bonds.